The van der Waals surface area contributed by atoms with Crippen LogP contribution in [0.5, 0.6) is 0 Å². The topological polar surface area (TPSA) is 76.1 Å². The molecule has 2 unspecified atom stereocenters. The van der Waals surface area contributed by atoms with Crippen LogP contribution in [0.1, 0.15) is 43.2 Å². The number of fused-ring (bicyclic) bond motifs is 1. The average molecular weight is 357 g/mol. The van der Waals surface area contributed by atoms with Crippen molar-refractivity contribution in [3.63, 3.8) is 0 Å². The Morgan fingerprint density at radius 3 is 2.48 bits per heavy atom. The number of anilines is 1. The van der Waals surface area contributed by atoms with Gasteiger partial charge in [-0.25, -0.2) is 0 Å². The van der Waals surface area contributed by atoms with E-state index < -0.39 is 11.4 Å². The molecule has 5 heteroatoms. The van der Waals surface area contributed by atoms with Gasteiger partial charge in [0.1, 0.15) is 11.4 Å². The molecule has 0 bridgehead atoms. The highest BCUT2D eigenvalue weighted by Crippen LogP contribution is 2.41. The standard InChI is InChI=1S/C20H25ClN4/c21-16-10-6-9-15(13-16)19(22)17-11-4-5-12-18(17)24-20(23,25-19)14-7-2-1-3-8-14/h4-6,9-14,24-25H,1-3,7-8,22-23H2. The molecule has 0 radical (unpaired) electrons. The van der Waals surface area contributed by atoms with Crippen molar-refractivity contribution in [3.8, 4) is 0 Å². The van der Waals surface area contributed by atoms with E-state index in [1.54, 1.807) is 0 Å². The summed E-state index contributed by atoms with van der Waals surface area (Å²) in [6.45, 7) is 0. The molecule has 132 valence electrons. The third-order valence-corrected chi connectivity index (χ3v) is 5.86. The van der Waals surface area contributed by atoms with Crippen molar-refractivity contribution in [1.82, 2.24) is 5.32 Å². The van der Waals surface area contributed by atoms with Crippen LogP contribution in [0.2, 0.25) is 5.02 Å². The van der Waals surface area contributed by atoms with E-state index in [1.807, 2.05) is 48.5 Å². The highest BCUT2D eigenvalue weighted by molar-refractivity contribution is 6.30. The Labute approximate surface area is 153 Å². The number of hydrogen-bond acceptors (Lipinski definition) is 4. The molecule has 2 aromatic carbocycles. The molecule has 1 heterocycles. The average Bonchev–Trinajstić information content (AvgIpc) is 2.62. The van der Waals surface area contributed by atoms with Crippen LogP contribution in [-0.2, 0) is 5.66 Å². The molecule has 0 spiro atoms. The lowest BCUT2D eigenvalue weighted by molar-refractivity contribution is 0.142. The van der Waals surface area contributed by atoms with E-state index in [-0.39, 0.29) is 0 Å². The summed E-state index contributed by atoms with van der Waals surface area (Å²) in [6, 6.07) is 15.8. The van der Waals surface area contributed by atoms with Crippen LogP contribution in [-0.4, -0.2) is 5.79 Å². The first-order valence-corrected chi connectivity index (χ1v) is 9.40. The Kier molecular flexibility index (Phi) is 4.24. The van der Waals surface area contributed by atoms with Crippen LogP contribution in [0.15, 0.2) is 48.5 Å². The van der Waals surface area contributed by atoms with Crippen LogP contribution in [0, 0.1) is 5.92 Å². The number of hydrogen-bond donors (Lipinski definition) is 4. The van der Waals surface area contributed by atoms with Crippen molar-refractivity contribution >= 4 is 17.3 Å². The second kappa shape index (κ2) is 6.29. The minimum atomic E-state index is -0.890. The predicted octanol–water partition coefficient (Wildman–Crippen LogP) is 3.71. The van der Waals surface area contributed by atoms with E-state index in [4.69, 9.17) is 23.1 Å². The lowest BCUT2D eigenvalue weighted by Gasteiger charge is -2.51. The SMILES string of the molecule is NC1(c2cccc(Cl)c2)NC(N)(C2CCCCC2)Nc2ccccc21. The quantitative estimate of drug-likeness (QED) is 0.661. The van der Waals surface area contributed by atoms with Gasteiger partial charge in [0.2, 0.25) is 0 Å². The Bertz CT molecular complexity index is 774. The molecule has 1 fully saturated rings. The van der Waals surface area contributed by atoms with Gasteiger partial charge in [-0.3, -0.25) is 11.1 Å². The van der Waals surface area contributed by atoms with Crippen molar-refractivity contribution in [2.45, 2.75) is 43.6 Å². The molecule has 0 saturated heterocycles. The molecule has 1 saturated carbocycles. The molecule has 25 heavy (non-hydrogen) atoms. The highest BCUT2D eigenvalue weighted by atomic mass is 35.5. The molecular weight excluding hydrogens is 332 g/mol. The van der Waals surface area contributed by atoms with Crippen LogP contribution >= 0.6 is 11.6 Å². The molecule has 2 aromatic rings. The van der Waals surface area contributed by atoms with Gasteiger partial charge in [0.25, 0.3) is 0 Å². The number of para-hydroxylation sites is 1. The molecule has 6 N–H and O–H groups in total. The number of nitrogens with two attached hydrogens (primary N) is 2. The fourth-order valence-electron chi connectivity index (χ4n) is 4.31. The maximum absolute atomic E-state index is 6.95. The van der Waals surface area contributed by atoms with Crippen molar-refractivity contribution in [2.75, 3.05) is 5.32 Å². The van der Waals surface area contributed by atoms with Gasteiger partial charge in [-0.1, -0.05) is 61.2 Å². The first-order valence-electron chi connectivity index (χ1n) is 9.02. The van der Waals surface area contributed by atoms with Gasteiger partial charge < -0.3 is 11.1 Å². The Morgan fingerprint density at radius 2 is 1.72 bits per heavy atom. The molecule has 1 aliphatic heterocycles. The van der Waals surface area contributed by atoms with Gasteiger partial charge in [0.15, 0.2) is 0 Å². The maximum atomic E-state index is 6.95. The van der Waals surface area contributed by atoms with Crippen molar-refractivity contribution < 1.29 is 0 Å². The van der Waals surface area contributed by atoms with Gasteiger partial charge in [-0.2, -0.15) is 0 Å². The summed E-state index contributed by atoms with van der Waals surface area (Å²) in [7, 11) is 0. The van der Waals surface area contributed by atoms with E-state index in [0.29, 0.717) is 10.9 Å². The van der Waals surface area contributed by atoms with Gasteiger partial charge in [-0.15, -0.1) is 0 Å². The smallest absolute Gasteiger partial charge is 0.146 e. The minimum Gasteiger partial charge on any atom is -0.355 e. The van der Waals surface area contributed by atoms with Crippen LogP contribution < -0.4 is 22.1 Å². The molecule has 1 aliphatic carbocycles. The third kappa shape index (κ3) is 2.93. The zero-order valence-electron chi connectivity index (χ0n) is 14.3. The summed E-state index contributed by atoms with van der Waals surface area (Å²) < 4.78 is 0. The molecule has 0 amide bonds. The molecule has 2 aliphatic rings. The molecule has 2 atom stereocenters. The summed E-state index contributed by atoms with van der Waals surface area (Å²) in [4.78, 5) is 0. The molecule has 4 rings (SSSR count). The van der Waals surface area contributed by atoms with E-state index in [2.05, 4.69) is 10.6 Å². The maximum Gasteiger partial charge on any atom is 0.146 e. The van der Waals surface area contributed by atoms with Crippen molar-refractivity contribution in [2.24, 2.45) is 17.4 Å². The molecular formula is C20H25ClN4. The third-order valence-electron chi connectivity index (χ3n) is 5.63. The Balaban J connectivity index is 1.82. The number of nitrogens with one attached hydrogen (secondary N) is 2. The second-order valence-corrected chi connectivity index (χ2v) is 7.75. The summed E-state index contributed by atoms with van der Waals surface area (Å²) in [5.74, 6) is -0.414. The lowest BCUT2D eigenvalue weighted by atomic mass is 9.79. The minimum absolute atomic E-state index is 0.330. The van der Waals surface area contributed by atoms with Gasteiger partial charge in [0, 0.05) is 22.2 Å². The normalized spacial score (nSPS) is 29.7. The number of benzene rings is 2. The summed E-state index contributed by atoms with van der Waals surface area (Å²) in [5.41, 5.74) is 15.8. The fourth-order valence-corrected chi connectivity index (χ4v) is 4.50. The Morgan fingerprint density at radius 1 is 0.960 bits per heavy atom. The van der Waals surface area contributed by atoms with Crippen molar-refractivity contribution in [3.05, 3.63) is 64.7 Å². The van der Waals surface area contributed by atoms with Crippen LogP contribution in [0.4, 0.5) is 5.69 Å². The van der Waals surface area contributed by atoms with Gasteiger partial charge in [-0.05, 0) is 36.6 Å². The van der Waals surface area contributed by atoms with E-state index >= 15 is 0 Å². The summed E-state index contributed by atoms with van der Waals surface area (Å²) in [6.07, 6.45) is 5.91. The Hall–Kier alpha value is -1.59. The largest absolute Gasteiger partial charge is 0.355 e. The second-order valence-electron chi connectivity index (χ2n) is 7.32. The zero-order chi connectivity index (χ0) is 17.5. The fraction of sp³-hybridized carbons (Fsp3) is 0.400. The van der Waals surface area contributed by atoms with E-state index in [1.165, 1.54) is 19.3 Å². The summed E-state index contributed by atoms with van der Waals surface area (Å²) >= 11 is 6.24. The van der Waals surface area contributed by atoms with Crippen LogP contribution in [0.25, 0.3) is 0 Å². The summed E-state index contributed by atoms with van der Waals surface area (Å²) in [5, 5.41) is 7.76. The predicted molar refractivity (Wildman–Crippen MR) is 103 cm³/mol. The van der Waals surface area contributed by atoms with E-state index in [9.17, 15) is 0 Å². The zero-order valence-corrected chi connectivity index (χ0v) is 15.0. The van der Waals surface area contributed by atoms with Gasteiger partial charge >= 0.3 is 0 Å². The van der Waals surface area contributed by atoms with E-state index in [0.717, 1.165) is 29.7 Å². The number of halogens is 1. The first kappa shape index (κ1) is 16.9. The van der Waals surface area contributed by atoms with Crippen molar-refractivity contribution in [1.29, 1.82) is 0 Å². The lowest BCUT2D eigenvalue weighted by Crippen LogP contribution is -2.75. The first-order chi connectivity index (χ1) is 12.0. The molecule has 4 nitrogen and oxygen atoms in total. The monoisotopic (exact) mass is 356 g/mol. The molecule has 0 aromatic heterocycles. The van der Waals surface area contributed by atoms with Crippen LogP contribution in [0.3, 0.4) is 0 Å². The van der Waals surface area contributed by atoms with Gasteiger partial charge in [0.05, 0.1) is 0 Å². The number of rotatable bonds is 2. The highest BCUT2D eigenvalue weighted by Gasteiger charge is 2.47.